The second kappa shape index (κ2) is 2.30. The minimum atomic E-state index is -0.344. The molecular weight excluding hydrogens is 157 g/mol. The standard InChI is InChI=1S/C9H8FNO/c1-5-2-6(10)3-7-8(5)4-11-9(7)12/h2-3H,4H2,1H3,(H,11,12). The Bertz CT molecular complexity index is 360. The predicted molar refractivity (Wildman–Crippen MR) is 42.3 cm³/mol. The maximum absolute atomic E-state index is 12.8. The highest BCUT2D eigenvalue weighted by atomic mass is 19.1. The second-order valence-electron chi connectivity index (χ2n) is 2.93. The van der Waals surface area contributed by atoms with Crippen molar-refractivity contribution >= 4 is 5.91 Å². The van der Waals surface area contributed by atoms with Crippen molar-refractivity contribution in [1.82, 2.24) is 5.32 Å². The highest BCUT2D eigenvalue weighted by Crippen LogP contribution is 2.20. The molecule has 0 fully saturated rings. The van der Waals surface area contributed by atoms with Crippen molar-refractivity contribution in [3.8, 4) is 0 Å². The van der Waals surface area contributed by atoms with Crippen molar-refractivity contribution in [2.24, 2.45) is 0 Å². The molecule has 0 aliphatic carbocycles. The van der Waals surface area contributed by atoms with E-state index in [1.54, 1.807) is 0 Å². The van der Waals surface area contributed by atoms with Crippen LogP contribution in [0.15, 0.2) is 12.1 Å². The van der Waals surface area contributed by atoms with Gasteiger partial charge in [0.1, 0.15) is 5.82 Å². The molecule has 0 saturated carbocycles. The van der Waals surface area contributed by atoms with E-state index in [-0.39, 0.29) is 11.7 Å². The van der Waals surface area contributed by atoms with E-state index < -0.39 is 0 Å². The van der Waals surface area contributed by atoms with Crippen LogP contribution in [-0.4, -0.2) is 5.91 Å². The van der Waals surface area contributed by atoms with Gasteiger partial charge in [0.05, 0.1) is 0 Å². The van der Waals surface area contributed by atoms with Gasteiger partial charge in [-0.3, -0.25) is 4.79 Å². The Hall–Kier alpha value is -1.38. The summed E-state index contributed by atoms with van der Waals surface area (Å²) in [5, 5.41) is 2.65. The number of benzene rings is 1. The molecule has 1 amide bonds. The first-order valence-corrected chi connectivity index (χ1v) is 3.75. The summed E-state index contributed by atoms with van der Waals surface area (Å²) >= 11 is 0. The maximum atomic E-state index is 12.8. The van der Waals surface area contributed by atoms with Gasteiger partial charge in [-0.15, -0.1) is 0 Å². The van der Waals surface area contributed by atoms with Crippen molar-refractivity contribution in [1.29, 1.82) is 0 Å². The van der Waals surface area contributed by atoms with E-state index in [0.29, 0.717) is 12.1 Å². The van der Waals surface area contributed by atoms with E-state index >= 15 is 0 Å². The van der Waals surface area contributed by atoms with Crippen LogP contribution in [0.3, 0.4) is 0 Å². The molecule has 2 rings (SSSR count). The fourth-order valence-electron chi connectivity index (χ4n) is 1.47. The lowest BCUT2D eigenvalue weighted by molar-refractivity contribution is 0.0965. The third-order valence-corrected chi connectivity index (χ3v) is 2.11. The molecule has 2 nitrogen and oxygen atoms in total. The SMILES string of the molecule is Cc1cc(F)cc2c1CNC2=O. The van der Waals surface area contributed by atoms with Crippen LogP contribution in [0.25, 0.3) is 0 Å². The molecule has 1 aliphatic heterocycles. The number of hydrogen-bond donors (Lipinski definition) is 1. The van der Waals surface area contributed by atoms with Gasteiger partial charge in [0.25, 0.3) is 5.91 Å². The van der Waals surface area contributed by atoms with Gasteiger partial charge >= 0.3 is 0 Å². The molecule has 0 aromatic heterocycles. The van der Waals surface area contributed by atoms with Crippen LogP contribution in [0, 0.1) is 12.7 Å². The summed E-state index contributed by atoms with van der Waals surface area (Å²) in [6.07, 6.45) is 0. The number of fused-ring (bicyclic) bond motifs is 1. The normalized spacial score (nSPS) is 14.3. The van der Waals surface area contributed by atoms with Crippen molar-refractivity contribution in [3.05, 3.63) is 34.6 Å². The van der Waals surface area contributed by atoms with Gasteiger partial charge < -0.3 is 5.32 Å². The van der Waals surface area contributed by atoms with Crippen LogP contribution >= 0.6 is 0 Å². The Kier molecular flexibility index (Phi) is 1.40. The van der Waals surface area contributed by atoms with Crippen molar-refractivity contribution < 1.29 is 9.18 Å². The van der Waals surface area contributed by atoms with E-state index in [1.807, 2.05) is 6.92 Å². The first-order chi connectivity index (χ1) is 5.68. The highest BCUT2D eigenvalue weighted by Gasteiger charge is 2.20. The summed E-state index contributed by atoms with van der Waals surface area (Å²) in [6.45, 7) is 2.34. The first kappa shape index (κ1) is 7.28. The second-order valence-corrected chi connectivity index (χ2v) is 2.93. The molecule has 0 atom stereocenters. The molecule has 0 spiro atoms. The number of aryl methyl sites for hydroxylation is 1. The van der Waals surface area contributed by atoms with E-state index in [1.165, 1.54) is 12.1 Å². The zero-order valence-electron chi connectivity index (χ0n) is 6.65. The Morgan fingerprint density at radius 3 is 3.00 bits per heavy atom. The Labute approximate surface area is 69.4 Å². The van der Waals surface area contributed by atoms with E-state index in [9.17, 15) is 9.18 Å². The molecule has 1 aromatic rings. The molecule has 0 radical (unpaired) electrons. The molecular formula is C9H8FNO. The number of carbonyl (C=O) groups excluding carboxylic acids is 1. The number of carbonyl (C=O) groups is 1. The lowest BCUT2D eigenvalue weighted by Crippen LogP contribution is -2.12. The van der Waals surface area contributed by atoms with Gasteiger partial charge in [-0.25, -0.2) is 4.39 Å². The highest BCUT2D eigenvalue weighted by molar-refractivity contribution is 5.98. The minimum Gasteiger partial charge on any atom is -0.348 e. The molecule has 62 valence electrons. The lowest BCUT2D eigenvalue weighted by Gasteiger charge is -2.00. The predicted octanol–water partition coefficient (Wildman–Crippen LogP) is 1.38. The van der Waals surface area contributed by atoms with Crippen LogP contribution < -0.4 is 5.32 Å². The minimum absolute atomic E-state index is 0.174. The van der Waals surface area contributed by atoms with Crippen molar-refractivity contribution in [2.45, 2.75) is 13.5 Å². The van der Waals surface area contributed by atoms with Gasteiger partial charge in [0, 0.05) is 12.1 Å². The quantitative estimate of drug-likeness (QED) is 0.618. The molecule has 1 heterocycles. The number of halogens is 1. The van der Waals surface area contributed by atoms with Crippen LogP contribution in [0.4, 0.5) is 4.39 Å². The Morgan fingerprint density at radius 1 is 1.50 bits per heavy atom. The third kappa shape index (κ3) is 0.897. The number of nitrogens with one attached hydrogen (secondary N) is 1. The van der Waals surface area contributed by atoms with Crippen LogP contribution in [0.1, 0.15) is 21.5 Å². The molecule has 12 heavy (non-hydrogen) atoms. The van der Waals surface area contributed by atoms with Gasteiger partial charge in [0.15, 0.2) is 0 Å². The smallest absolute Gasteiger partial charge is 0.252 e. The maximum Gasteiger partial charge on any atom is 0.252 e. The van der Waals surface area contributed by atoms with Gasteiger partial charge in [-0.05, 0) is 30.2 Å². The fraction of sp³-hybridized carbons (Fsp3) is 0.222. The molecule has 0 saturated heterocycles. The molecule has 0 bridgehead atoms. The van der Waals surface area contributed by atoms with Gasteiger partial charge in [0.2, 0.25) is 0 Å². The molecule has 1 aliphatic rings. The zero-order valence-corrected chi connectivity index (χ0v) is 6.65. The van der Waals surface area contributed by atoms with Crippen molar-refractivity contribution in [3.63, 3.8) is 0 Å². The topological polar surface area (TPSA) is 29.1 Å². The largest absolute Gasteiger partial charge is 0.348 e. The zero-order chi connectivity index (χ0) is 8.72. The summed E-state index contributed by atoms with van der Waals surface area (Å²) in [5.41, 5.74) is 2.23. The lowest BCUT2D eigenvalue weighted by atomic mass is 10.0. The van der Waals surface area contributed by atoms with Gasteiger partial charge in [-0.1, -0.05) is 0 Å². The fourth-order valence-corrected chi connectivity index (χ4v) is 1.47. The summed E-state index contributed by atoms with van der Waals surface area (Å²) in [4.78, 5) is 11.1. The summed E-state index contributed by atoms with van der Waals surface area (Å²) < 4.78 is 12.8. The van der Waals surface area contributed by atoms with E-state index in [4.69, 9.17) is 0 Å². The average molecular weight is 165 g/mol. The molecule has 1 aromatic carbocycles. The summed E-state index contributed by atoms with van der Waals surface area (Å²) in [5.74, 6) is -0.518. The van der Waals surface area contributed by atoms with E-state index in [2.05, 4.69) is 5.32 Å². The summed E-state index contributed by atoms with van der Waals surface area (Å²) in [6, 6.07) is 2.73. The Morgan fingerprint density at radius 2 is 2.25 bits per heavy atom. The Balaban J connectivity index is 2.68. The van der Waals surface area contributed by atoms with E-state index in [0.717, 1.165) is 11.1 Å². The first-order valence-electron chi connectivity index (χ1n) is 3.75. The molecule has 0 unspecified atom stereocenters. The number of amides is 1. The number of hydrogen-bond acceptors (Lipinski definition) is 1. The van der Waals surface area contributed by atoms with Crippen LogP contribution in [-0.2, 0) is 6.54 Å². The summed E-state index contributed by atoms with van der Waals surface area (Å²) in [7, 11) is 0. The van der Waals surface area contributed by atoms with Crippen molar-refractivity contribution in [2.75, 3.05) is 0 Å². The van der Waals surface area contributed by atoms with Crippen LogP contribution in [0.5, 0.6) is 0 Å². The average Bonchev–Trinajstić information content (AvgIpc) is 2.33. The third-order valence-electron chi connectivity index (χ3n) is 2.11. The van der Waals surface area contributed by atoms with Gasteiger partial charge in [-0.2, -0.15) is 0 Å². The monoisotopic (exact) mass is 165 g/mol. The number of rotatable bonds is 0. The van der Waals surface area contributed by atoms with Crippen LogP contribution in [0.2, 0.25) is 0 Å². The molecule has 1 N–H and O–H groups in total. The molecule has 3 heteroatoms.